The normalized spacial score (nSPS) is 22.8. The molecule has 574 valence electrons. The van der Waals surface area contributed by atoms with Gasteiger partial charge in [-0.15, -0.1) is 0 Å². The van der Waals surface area contributed by atoms with Gasteiger partial charge in [0.25, 0.3) is 0 Å². The van der Waals surface area contributed by atoms with E-state index in [1.54, 1.807) is 30.5 Å². The molecular formula is C69H93N17O18S2. The van der Waals surface area contributed by atoms with Crippen LogP contribution in [0.2, 0.25) is 0 Å². The molecule has 3 aliphatic rings. The van der Waals surface area contributed by atoms with Gasteiger partial charge in [-0.05, 0) is 104 Å². The van der Waals surface area contributed by atoms with Crippen molar-refractivity contribution < 1.29 is 87.5 Å². The van der Waals surface area contributed by atoms with Crippen molar-refractivity contribution in [3.05, 3.63) is 95.7 Å². The van der Waals surface area contributed by atoms with Gasteiger partial charge < -0.3 is 106 Å². The van der Waals surface area contributed by atoms with Crippen LogP contribution < -0.4 is 75.7 Å². The molecule has 12 amide bonds. The van der Waals surface area contributed by atoms with Crippen LogP contribution in [0.15, 0.2) is 79.0 Å². The number of guanidine groups is 1. The number of amides is 12. The number of primary amides is 1. The van der Waals surface area contributed by atoms with Crippen LogP contribution in [0.1, 0.15) is 107 Å². The lowest BCUT2D eigenvalue weighted by atomic mass is 9.95. The fourth-order valence-corrected chi connectivity index (χ4v) is 14.8. The number of aromatic nitrogens is 1. The van der Waals surface area contributed by atoms with Gasteiger partial charge in [0.05, 0.1) is 0 Å². The first-order valence-electron chi connectivity index (χ1n) is 34.8. The molecule has 3 aromatic carbocycles. The molecule has 0 radical (unpaired) electrons. The van der Waals surface area contributed by atoms with Crippen LogP contribution >= 0.6 is 21.6 Å². The summed E-state index contributed by atoms with van der Waals surface area (Å²) in [7, 11) is 1.72. The maximum atomic E-state index is 15.3. The Hall–Kier alpha value is -10.7. The van der Waals surface area contributed by atoms with Gasteiger partial charge in [0.1, 0.15) is 71.9 Å². The highest BCUT2D eigenvalue weighted by molar-refractivity contribution is 8.76. The van der Waals surface area contributed by atoms with E-state index in [1.165, 1.54) is 53.4 Å². The van der Waals surface area contributed by atoms with Crippen molar-refractivity contribution in [2.75, 3.05) is 37.7 Å². The van der Waals surface area contributed by atoms with Crippen LogP contribution in [-0.2, 0) is 86.4 Å². The molecule has 0 unspecified atom stereocenters. The molecule has 2 aliphatic heterocycles. The molecule has 7 rings (SSSR count). The van der Waals surface area contributed by atoms with E-state index in [2.05, 4.69) is 63.5 Å². The van der Waals surface area contributed by atoms with Crippen molar-refractivity contribution in [3.63, 3.8) is 0 Å². The summed E-state index contributed by atoms with van der Waals surface area (Å²) in [4.78, 5) is 201. The van der Waals surface area contributed by atoms with Gasteiger partial charge in [-0.1, -0.05) is 76.9 Å². The number of phenols is 2. The zero-order valence-corrected chi connectivity index (χ0v) is 59.8. The Labute approximate surface area is 617 Å². The van der Waals surface area contributed by atoms with Crippen LogP contribution in [0.5, 0.6) is 11.5 Å². The van der Waals surface area contributed by atoms with Gasteiger partial charge in [0, 0.05) is 99.7 Å². The smallest absolute Gasteiger partial charge is 0.303 e. The lowest BCUT2D eigenvalue weighted by molar-refractivity contribution is -0.139. The number of nitrogens with two attached hydrogens (primary N) is 3. The number of rotatable bonds is 24. The first-order valence-corrected chi connectivity index (χ1v) is 37.3. The SMILES string of the molecule is N=C(N)NCCC[C@@H]1NC(=O)[C@H](Cc2ccc(O)cc2)NC(=O)[C@H](C2CCCC2)NC(=O)[C@@H](NC(=O)[C@H](Cc2ccc(O)cc2)NC(=O)[C@@H]2CCCN2C(=O)CCN)CSSC[C@H](C(N)=O)NC(=O)[C@H](CCC(=O)O)NC(=O)[C@H](Cc2c[nH]c3ccccc23)NC(=O)[C@H](CCC(=O)O)NC(=O)CCNC1=O. The molecule has 1 aliphatic carbocycles. The molecule has 3 fully saturated rings. The highest BCUT2D eigenvalue weighted by Crippen LogP contribution is 2.30. The van der Waals surface area contributed by atoms with E-state index in [-0.39, 0.29) is 82.0 Å². The minimum Gasteiger partial charge on any atom is -0.508 e. The number of aromatic hydroxyl groups is 2. The van der Waals surface area contributed by atoms with E-state index in [4.69, 9.17) is 22.6 Å². The number of hydrogen-bond donors (Lipinski definition) is 20. The Morgan fingerprint density at radius 1 is 0.623 bits per heavy atom. The van der Waals surface area contributed by atoms with Crippen LogP contribution in [0, 0.1) is 11.3 Å². The second-order valence-corrected chi connectivity index (χ2v) is 28.6. The van der Waals surface area contributed by atoms with Gasteiger partial charge in [0.15, 0.2) is 5.96 Å². The summed E-state index contributed by atoms with van der Waals surface area (Å²) in [5.74, 6) is -15.8. The van der Waals surface area contributed by atoms with Gasteiger partial charge >= 0.3 is 11.9 Å². The number of carboxylic acids is 2. The van der Waals surface area contributed by atoms with Gasteiger partial charge in [-0.3, -0.25) is 72.5 Å². The Morgan fingerprint density at radius 3 is 1.83 bits per heavy atom. The van der Waals surface area contributed by atoms with Crippen molar-refractivity contribution in [1.29, 1.82) is 5.41 Å². The highest BCUT2D eigenvalue weighted by atomic mass is 33.1. The quantitative estimate of drug-likeness (QED) is 0.0154. The monoisotopic (exact) mass is 1510 g/mol. The van der Waals surface area contributed by atoms with E-state index in [0.29, 0.717) is 59.7 Å². The molecule has 1 aromatic heterocycles. The number of H-pyrrole nitrogens is 1. The number of para-hydroxylation sites is 1. The topological polar surface area (TPSA) is 573 Å². The fourth-order valence-electron chi connectivity index (χ4n) is 12.5. The predicted molar refractivity (Wildman–Crippen MR) is 388 cm³/mol. The number of aliphatic carboxylic acids is 2. The molecular weight excluding hydrogens is 1420 g/mol. The highest BCUT2D eigenvalue weighted by Gasteiger charge is 2.41. The maximum Gasteiger partial charge on any atom is 0.303 e. The average Bonchev–Trinajstić information content (AvgIpc) is 1.62. The Kier molecular flexibility index (Phi) is 32.0. The molecule has 37 heteroatoms. The number of nitrogens with one attached hydrogen (secondary N) is 13. The number of fused-ring (bicyclic) bond motifs is 1. The lowest BCUT2D eigenvalue weighted by Gasteiger charge is -2.30. The van der Waals surface area contributed by atoms with E-state index >= 15 is 14.4 Å². The van der Waals surface area contributed by atoms with Crippen molar-refractivity contribution in [2.24, 2.45) is 23.1 Å². The van der Waals surface area contributed by atoms with Crippen molar-refractivity contribution in [2.45, 2.75) is 170 Å². The van der Waals surface area contributed by atoms with Crippen molar-refractivity contribution in [1.82, 2.24) is 68.4 Å². The predicted octanol–water partition coefficient (Wildman–Crippen LogP) is -2.12. The van der Waals surface area contributed by atoms with Crippen LogP contribution in [0.4, 0.5) is 0 Å². The molecule has 4 aromatic rings. The number of carbonyl (C=O) groups is 14. The standard InChI is InChI=1S/C69H93N17O18S2/c70-27-25-55(90)86-30-6-12-53(86)67(103)81-48(31-37-13-17-41(87)18-14-37)64(100)84-52-36-106-105-35-51(59(71)95)83-62(98)47(22-24-57(93)94)79-65(101)50(33-40-34-76-44-10-4-3-9-43(40)44)80-61(97)46(21-23-56(91)92)77-54(89)26-29-74-60(96)45(11-5-28-75-69(72)73)78-63(99)49(32-38-15-19-42(88)20-16-38)82-68(104)58(85-66(52)102)39-7-1-2-8-39/h3-4,9-10,13-20,34,39,45-53,58,76,87-88H,1-2,5-8,11-12,21-33,35-36,70H2,(H2,71,95)(H,74,96)(H,77,89)(H,78,99)(H,79,101)(H,80,97)(H,81,103)(H,82,104)(H,83,98)(H,84,100)(H,85,102)(H,91,92)(H,93,94)(H4,72,73,75)/t45-,46-,47-,48-,49-,50-,51+,52-,53-,58-/m0/s1. The largest absolute Gasteiger partial charge is 0.508 e. The summed E-state index contributed by atoms with van der Waals surface area (Å²) >= 11 is 0. The number of aromatic amines is 1. The summed E-state index contributed by atoms with van der Waals surface area (Å²) in [5, 5.41) is 77.2. The Morgan fingerprint density at radius 2 is 1.20 bits per heavy atom. The van der Waals surface area contributed by atoms with Gasteiger partial charge in [-0.2, -0.15) is 0 Å². The summed E-state index contributed by atoms with van der Waals surface area (Å²) in [6.07, 6.45) is 0.201. The molecule has 10 atom stereocenters. The van der Waals surface area contributed by atoms with Crippen LogP contribution in [0.25, 0.3) is 10.9 Å². The third kappa shape index (κ3) is 25.9. The third-order valence-corrected chi connectivity index (χ3v) is 20.6. The summed E-state index contributed by atoms with van der Waals surface area (Å²) in [6, 6.07) is 2.97. The minimum absolute atomic E-state index is 0.00780. The second-order valence-electron chi connectivity index (χ2n) is 26.0. The maximum absolute atomic E-state index is 15.3. The van der Waals surface area contributed by atoms with E-state index in [9.17, 15) is 73.2 Å². The molecule has 1 saturated carbocycles. The first-order chi connectivity index (χ1) is 50.7. The number of benzene rings is 3. The van der Waals surface area contributed by atoms with E-state index in [0.717, 1.165) is 21.6 Å². The number of phenolic OH excluding ortho intramolecular Hbond substituents is 2. The van der Waals surface area contributed by atoms with Crippen molar-refractivity contribution >= 4 is 121 Å². The van der Waals surface area contributed by atoms with Crippen LogP contribution in [-0.4, -0.2) is 217 Å². The summed E-state index contributed by atoms with van der Waals surface area (Å²) in [6.45, 7) is -0.180. The van der Waals surface area contributed by atoms with Crippen LogP contribution in [0.3, 0.4) is 0 Å². The third-order valence-electron chi connectivity index (χ3n) is 18.1. The number of hydrogen-bond acceptors (Lipinski definition) is 20. The number of nitrogens with zero attached hydrogens (tertiary/aromatic N) is 1. The Balaban J connectivity index is 1.28. The van der Waals surface area contributed by atoms with Gasteiger partial charge in [0.2, 0.25) is 70.9 Å². The lowest BCUT2D eigenvalue weighted by Crippen LogP contribution is -2.61. The van der Waals surface area contributed by atoms with E-state index < -0.39 is 199 Å². The molecule has 35 nitrogen and oxygen atoms in total. The Bertz CT molecular complexity index is 3810. The van der Waals surface area contributed by atoms with E-state index in [1.807, 2.05) is 0 Å². The molecule has 23 N–H and O–H groups in total. The molecule has 0 bridgehead atoms. The molecule has 2 saturated heterocycles. The fraction of sp³-hybridized carbons (Fsp3) is 0.493. The zero-order chi connectivity index (χ0) is 77.0. The summed E-state index contributed by atoms with van der Waals surface area (Å²) in [5.41, 5.74) is 19.0. The number of carboxylic acid groups (broad SMARTS) is 2. The first kappa shape index (κ1) is 82.6. The van der Waals surface area contributed by atoms with Crippen molar-refractivity contribution in [3.8, 4) is 11.5 Å². The number of likely N-dealkylation sites (tertiary alicyclic amines) is 1. The molecule has 3 heterocycles. The average molecular weight is 1510 g/mol. The summed E-state index contributed by atoms with van der Waals surface area (Å²) < 4.78 is 0. The second kappa shape index (κ2) is 41.1. The molecule has 0 spiro atoms. The zero-order valence-electron chi connectivity index (χ0n) is 58.1. The van der Waals surface area contributed by atoms with Gasteiger partial charge in [-0.25, -0.2) is 0 Å². The molecule has 106 heavy (non-hydrogen) atoms. The minimum atomic E-state index is -1.76. The number of carbonyl (C=O) groups excluding carboxylic acids is 12.